The van der Waals surface area contributed by atoms with Crippen LogP contribution < -0.4 is 0 Å². The molecule has 0 saturated carbocycles. The molecule has 0 atom stereocenters. The Hall–Kier alpha value is -2.51. The Labute approximate surface area is 166 Å². The van der Waals surface area contributed by atoms with Crippen LogP contribution in [-0.2, 0) is 26.6 Å². The van der Waals surface area contributed by atoms with E-state index in [9.17, 15) is 0 Å². The largest absolute Gasteiger partial charge is 0.424 e. The molecule has 1 aliphatic heterocycles. The Morgan fingerprint density at radius 3 is 2.18 bits per heavy atom. The predicted octanol–water partition coefficient (Wildman–Crippen LogP) is 2.33. The molecule has 2 aromatic heterocycles. The summed E-state index contributed by atoms with van der Waals surface area (Å²) >= 11 is 0. The van der Waals surface area contributed by atoms with Crippen molar-refractivity contribution in [3.8, 4) is 0 Å². The summed E-state index contributed by atoms with van der Waals surface area (Å²) in [5.74, 6) is 1.39. The van der Waals surface area contributed by atoms with Gasteiger partial charge in [0.15, 0.2) is 0 Å². The van der Waals surface area contributed by atoms with Gasteiger partial charge in [0.25, 0.3) is 0 Å². The maximum Gasteiger partial charge on any atom is 0.230 e. The highest BCUT2D eigenvalue weighted by Gasteiger charge is 2.21. The Kier molecular flexibility index (Phi) is 5.54. The van der Waals surface area contributed by atoms with Crippen LogP contribution in [0.25, 0.3) is 0 Å². The summed E-state index contributed by atoms with van der Waals surface area (Å²) < 4.78 is 7.83. The summed E-state index contributed by atoms with van der Waals surface area (Å²) in [5, 5.41) is 13.0. The van der Waals surface area contributed by atoms with Crippen LogP contribution >= 0.6 is 0 Å². The van der Waals surface area contributed by atoms with Crippen molar-refractivity contribution in [1.82, 2.24) is 29.8 Å². The highest BCUT2D eigenvalue weighted by Crippen LogP contribution is 2.17. The maximum atomic E-state index is 5.86. The van der Waals surface area contributed by atoms with Crippen LogP contribution in [0.2, 0.25) is 0 Å². The molecule has 4 rings (SSSR count). The molecule has 28 heavy (non-hydrogen) atoms. The van der Waals surface area contributed by atoms with Gasteiger partial charge in [-0.1, -0.05) is 30.3 Å². The van der Waals surface area contributed by atoms with Crippen molar-refractivity contribution in [3.63, 3.8) is 0 Å². The zero-order valence-electron chi connectivity index (χ0n) is 16.9. The van der Waals surface area contributed by atoms with E-state index in [1.54, 1.807) is 0 Å². The molecule has 1 saturated heterocycles. The van der Waals surface area contributed by atoms with Gasteiger partial charge in [0.2, 0.25) is 11.8 Å². The third-order valence-electron chi connectivity index (χ3n) is 5.57. The second-order valence-corrected chi connectivity index (χ2v) is 7.58. The molecule has 0 N–H and O–H groups in total. The van der Waals surface area contributed by atoms with Gasteiger partial charge in [-0.15, -0.1) is 10.2 Å². The standard InChI is InChI=1S/C21H28N6O/c1-16-19(17(2)25(3)24-16)14-26-9-11-27(12-10-26)15-21-23-22-20(28-21)13-18-7-5-4-6-8-18/h4-8H,9-15H2,1-3H3. The smallest absolute Gasteiger partial charge is 0.230 e. The normalized spacial score (nSPS) is 16.0. The zero-order valence-corrected chi connectivity index (χ0v) is 16.9. The lowest BCUT2D eigenvalue weighted by molar-refractivity contribution is 0.114. The first-order valence-electron chi connectivity index (χ1n) is 9.87. The van der Waals surface area contributed by atoms with Gasteiger partial charge in [-0.25, -0.2) is 0 Å². The molecular weight excluding hydrogens is 352 g/mol. The molecule has 1 aliphatic rings. The lowest BCUT2D eigenvalue weighted by Crippen LogP contribution is -2.45. The Morgan fingerprint density at radius 2 is 1.54 bits per heavy atom. The highest BCUT2D eigenvalue weighted by molar-refractivity contribution is 5.24. The molecule has 1 aromatic carbocycles. The molecule has 1 fully saturated rings. The van der Waals surface area contributed by atoms with Gasteiger partial charge in [0.05, 0.1) is 18.7 Å². The van der Waals surface area contributed by atoms with Crippen molar-refractivity contribution in [3.05, 3.63) is 64.6 Å². The van der Waals surface area contributed by atoms with E-state index in [0.717, 1.165) is 45.0 Å². The molecule has 0 spiro atoms. The topological polar surface area (TPSA) is 63.2 Å². The molecule has 0 unspecified atom stereocenters. The first-order valence-corrected chi connectivity index (χ1v) is 9.87. The Bertz CT molecular complexity index is 908. The minimum atomic E-state index is 0.683. The van der Waals surface area contributed by atoms with E-state index in [-0.39, 0.29) is 0 Å². The molecule has 3 aromatic rings. The number of aryl methyl sites for hydroxylation is 2. The number of hydrogen-bond donors (Lipinski definition) is 0. The van der Waals surface area contributed by atoms with Gasteiger partial charge in [-0.3, -0.25) is 14.5 Å². The molecule has 3 heterocycles. The van der Waals surface area contributed by atoms with Crippen LogP contribution in [0.15, 0.2) is 34.7 Å². The predicted molar refractivity (Wildman–Crippen MR) is 107 cm³/mol. The van der Waals surface area contributed by atoms with E-state index in [0.29, 0.717) is 18.2 Å². The quantitative estimate of drug-likeness (QED) is 0.654. The molecular formula is C21H28N6O. The number of benzene rings is 1. The molecule has 0 bridgehead atoms. The van der Waals surface area contributed by atoms with Crippen molar-refractivity contribution in [2.75, 3.05) is 26.2 Å². The summed E-state index contributed by atoms with van der Waals surface area (Å²) in [4.78, 5) is 4.89. The monoisotopic (exact) mass is 380 g/mol. The van der Waals surface area contributed by atoms with Crippen molar-refractivity contribution in [1.29, 1.82) is 0 Å². The van der Waals surface area contributed by atoms with Crippen LogP contribution in [-0.4, -0.2) is 56.0 Å². The van der Waals surface area contributed by atoms with Crippen molar-refractivity contribution < 1.29 is 4.42 Å². The van der Waals surface area contributed by atoms with Gasteiger partial charge >= 0.3 is 0 Å². The van der Waals surface area contributed by atoms with E-state index in [1.165, 1.54) is 16.8 Å². The highest BCUT2D eigenvalue weighted by atomic mass is 16.4. The molecule has 0 radical (unpaired) electrons. The second kappa shape index (κ2) is 8.24. The van der Waals surface area contributed by atoms with E-state index in [2.05, 4.69) is 51.1 Å². The zero-order chi connectivity index (χ0) is 19.5. The fourth-order valence-electron chi connectivity index (χ4n) is 3.76. The fraction of sp³-hybridized carbons (Fsp3) is 0.476. The summed E-state index contributed by atoms with van der Waals surface area (Å²) in [6.45, 7) is 10.0. The lowest BCUT2D eigenvalue weighted by Gasteiger charge is -2.34. The summed E-state index contributed by atoms with van der Waals surface area (Å²) in [5.41, 5.74) is 4.95. The molecule has 0 amide bonds. The number of aromatic nitrogens is 4. The van der Waals surface area contributed by atoms with Gasteiger partial charge in [0, 0.05) is 51.0 Å². The number of hydrogen-bond acceptors (Lipinski definition) is 6. The molecule has 7 heteroatoms. The van der Waals surface area contributed by atoms with Crippen LogP contribution in [0.4, 0.5) is 0 Å². The number of piperazine rings is 1. The van der Waals surface area contributed by atoms with Gasteiger partial charge < -0.3 is 4.42 Å². The average molecular weight is 380 g/mol. The van der Waals surface area contributed by atoms with Crippen LogP contribution in [0.1, 0.15) is 34.3 Å². The summed E-state index contributed by atoms with van der Waals surface area (Å²) in [6.07, 6.45) is 0.686. The SMILES string of the molecule is Cc1nn(C)c(C)c1CN1CCN(Cc2nnc(Cc3ccccc3)o2)CC1. The minimum absolute atomic E-state index is 0.683. The van der Waals surface area contributed by atoms with Crippen LogP contribution in [0.5, 0.6) is 0 Å². The number of rotatable bonds is 6. The third kappa shape index (κ3) is 4.31. The fourth-order valence-corrected chi connectivity index (χ4v) is 3.76. The van der Waals surface area contributed by atoms with Crippen molar-refractivity contribution >= 4 is 0 Å². The summed E-state index contributed by atoms with van der Waals surface area (Å²) in [6, 6.07) is 10.2. The van der Waals surface area contributed by atoms with Gasteiger partial charge in [-0.2, -0.15) is 5.10 Å². The maximum absolute atomic E-state index is 5.86. The van der Waals surface area contributed by atoms with Crippen LogP contribution in [0.3, 0.4) is 0 Å². The van der Waals surface area contributed by atoms with Crippen LogP contribution in [0, 0.1) is 13.8 Å². The van der Waals surface area contributed by atoms with Gasteiger partial charge in [-0.05, 0) is 19.4 Å². The lowest BCUT2D eigenvalue weighted by atomic mass is 10.1. The van der Waals surface area contributed by atoms with Gasteiger partial charge in [0.1, 0.15) is 0 Å². The third-order valence-corrected chi connectivity index (χ3v) is 5.57. The Balaban J connectivity index is 1.28. The number of nitrogens with zero attached hydrogens (tertiary/aromatic N) is 6. The van der Waals surface area contributed by atoms with E-state index >= 15 is 0 Å². The summed E-state index contributed by atoms with van der Waals surface area (Å²) in [7, 11) is 2.01. The average Bonchev–Trinajstić information content (AvgIpc) is 3.23. The first-order chi connectivity index (χ1) is 13.6. The molecule has 7 nitrogen and oxygen atoms in total. The van der Waals surface area contributed by atoms with E-state index in [1.807, 2.05) is 29.9 Å². The first kappa shape index (κ1) is 18.8. The van der Waals surface area contributed by atoms with Crippen molar-refractivity contribution in [2.24, 2.45) is 7.05 Å². The van der Waals surface area contributed by atoms with E-state index < -0.39 is 0 Å². The molecule has 0 aliphatic carbocycles. The van der Waals surface area contributed by atoms with E-state index in [4.69, 9.17) is 4.42 Å². The van der Waals surface area contributed by atoms with Crippen molar-refractivity contribution in [2.45, 2.75) is 33.4 Å². The second-order valence-electron chi connectivity index (χ2n) is 7.58. The Morgan fingerprint density at radius 1 is 0.893 bits per heavy atom. The minimum Gasteiger partial charge on any atom is -0.424 e. The molecule has 148 valence electrons.